The quantitative estimate of drug-likeness (QED) is 0.598. The number of hydrogen-bond acceptors (Lipinski definition) is 7. The number of anilines is 2. The van der Waals surface area contributed by atoms with Crippen LogP contribution >= 0.6 is 0 Å². The molecule has 2 unspecified atom stereocenters. The van der Waals surface area contributed by atoms with Crippen LogP contribution in [0.4, 0.5) is 29.5 Å². The molecule has 2 saturated heterocycles. The van der Waals surface area contributed by atoms with E-state index in [9.17, 15) is 23.1 Å². The summed E-state index contributed by atoms with van der Waals surface area (Å²) in [4.78, 5) is 20.7. The van der Waals surface area contributed by atoms with Crippen LogP contribution in [0.25, 0.3) is 11.1 Å². The minimum atomic E-state index is -4.55. The van der Waals surface area contributed by atoms with E-state index in [2.05, 4.69) is 15.2 Å². The summed E-state index contributed by atoms with van der Waals surface area (Å²) in [5, 5.41) is 11.9. The second kappa shape index (κ2) is 11.5. The summed E-state index contributed by atoms with van der Waals surface area (Å²) in [5.41, 5.74) is 2.94. The SMILES string of the molecule is Cc1ccc(NC(=O)N2CC(C(F)(F)F)OCC2C)cc1-c1cc(OCCO)nc(N2CCOCC2)c1. The molecular formula is C25H31F3N4O5. The Morgan fingerprint density at radius 2 is 2.00 bits per heavy atom. The van der Waals surface area contributed by atoms with Crippen LogP contribution in [0.2, 0.25) is 0 Å². The third kappa shape index (κ3) is 6.62. The fraction of sp³-hybridized carbons (Fsp3) is 0.520. The predicted octanol–water partition coefficient (Wildman–Crippen LogP) is 3.45. The van der Waals surface area contributed by atoms with Crippen LogP contribution in [0.3, 0.4) is 0 Å². The van der Waals surface area contributed by atoms with Crippen molar-refractivity contribution >= 4 is 17.5 Å². The lowest BCUT2D eigenvalue weighted by atomic mass is 10.00. The highest BCUT2D eigenvalue weighted by Crippen LogP contribution is 2.33. The molecule has 1 aromatic heterocycles. The molecule has 0 bridgehead atoms. The molecule has 0 spiro atoms. The monoisotopic (exact) mass is 524 g/mol. The van der Waals surface area contributed by atoms with Crippen LogP contribution in [-0.2, 0) is 9.47 Å². The summed E-state index contributed by atoms with van der Waals surface area (Å²) in [5.74, 6) is 1.05. The second-order valence-electron chi connectivity index (χ2n) is 9.05. The Balaban J connectivity index is 1.59. The number of ether oxygens (including phenoxy) is 3. The Hall–Kier alpha value is -3.09. The Bertz CT molecular complexity index is 1090. The van der Waals surface area contributed by atoms with Gasteiger partial charge in [0.15, 0.2) is 6.10 Å². The van der Waals surface area contributed by atoms with Crippen LogP contribution in [0.15, 0.2) is 30.3 Å². The van der Waals surface area contributed by atoms with Crippen molar-refractivity contribution in [3.05, 3.63) is 35.9 Å². The molecule has 2 aliphatic rings. The highest BCUT2D eigenvalue weighted by molar-refractivity contribution is 5.91. The number of halogens is 3. The molecule has 12 heteroatoms. The molecule has 2 N–H and O–H groups in total. The van der Waals surface area contributed by atoms with Gasteiger partial charge in [-0.05, 0) is 48.7 Å². The van der Waals surface area contributed by atoms with Crippen molar-refractivity contribution in [2.24, 2.45) is 0 Å². The molecule has 2 atom stereocenters. The largest absolute Gasteiger partial charge is 0.475 e. The van der Waals surface area contributed by atoms with Gasteiger partial charge in [0.1, 0.15) is 12.4 Å². The molecule has 2 fully saturated rings. The number of amides is 2. The molecule has 2 aromatic rings. The molecule has 2 amide bonds. The Morgan fingerprint density at radius 1 is 1.24 bits per heavy atom. The molecule has 9 nitrogen and oxygen atoms in total. The molecule has 3 heterocycles. The number of urea groups is 1. The predicted molar refractivity (Wildman–Crippen MR) is 131 cm³/mol. The average Bonchev–Trinajstić information content (AvgIpc) is 2.88. The van der Waals surface area contributed by atoms with Gasteiger partial charge < -0.3 is 34.4 Å². The number of nitrogens with one attached hydrogen (secondary N) is 1. The topological polar surface area (TPSA) is 96.4 Å². The number of benzene rings is 1. The van der Waals surface area contributed by atoms with Gasteiger partial charge in [0, 0.05) is 24.8 Å². The van der Waals surface area contributed by atoms with Crippen molar-refractivity contribution < 1.29 is 37.3 Å². The zero-order valence-electron chi connectivity index (χ0n) is 20.8. The van der Waals surface area contributed by atoms with Crippen molar-refractivity contribution in [1.29, 1.82) is 0 Å². The van der Waals surface area contributed by atoms with Crippen molar-refractivity contribution in [3.63, 3.8) is 0 Å². The van der Waals surface area contributed by atoms with Crippen molar-refractivity contribution in [2.45, 2.75) is 32.2 Å². The minimum absolute atomic E-state index is 0.0880. The van der Waals surface area contributed by atoms with E-state index in [0.717, 1.165) is 21.6 Å². The summed E-state index contributed by atoms with van der Waals surface area (Å²) >= 11 is 0. The van der Waals surface area contributed by atoms with Crippen molar-refractivity contribution in [1.82, 2.24) is 9.88 Å². The Labute approximate surface area is 213 Å². The third-order valence-corrected chi connectivity index (χ3v) is 6.32. The normalized spacial score (nSPS) is 20.6. The van der Waals surface area contributed by atoms with E-state index in [4.69, 9.17) is 14.2 Å². The molecular weight excluding hydrogens is 493 g/mol. The maximum absolute atomic E-state index is 13.2. The summed E-state index contributed by atoms with van der Waals surface area (Å²) < 4.78 is 55.5. The van der Waals surface area contributed by atoms with Gasteiger partial charge >= 0.3 is 12.2 Å². The van der Waals surface area contributed by atoms with Crippen LogP contribution in [0.1, 0.15) is 12.5 Å². The molecule has 0 aliphatic carbocycles. The van der Waals surface area contributed by atoms with Gasteiger partial charge in [-0.2, -0.15) is 18.2 Å². The van der Waals surface area contributed by atoms with Gasteiger partial charge in [-0.3, -0.25) is 0 Å². The first kappa shape index (κ1) is 27.0. The number of carbonyl (C=O) groups is 1. The number of aryl methyl sites for hydroxylation is 1. The third-order valence-electron chi connectivity index (χ3n) is 6.32. The van der Waals surface area contributed by atoms with E-state index >= 15 is 0 Å². The van der Waals surface area contributed by atoms with Gasteiger partial charge in [-0.15, -0.1) is 0 Å². The first-order chi connectivity index (χ1) is 17.7. The number of carbonyl (C=O) groups excluding carboxylic acids is 1. The van der Waals surface area contributed by atoms with Crippen LogP contribution in [0.5, 0.6) is 5.88 Å². The summed E-state index contributed by atoms with van der Waals surface area (Å²) in [6, 6.07) is 7.84. The number of morpholine rings is 2. The lowest BCUT2D eigenvalue weighted by Crippen LogP contribution is -2.56. The number of hydrogen-bond donors (Lipinski definition) is 2. The molecule has 1 aromatic carbocycles. The smallest absolute Gasteiger partial charge is 0.416 e. The highest BCUT2D eigenvalue weighted by atomic mass is 19.4. The van der Waals surface area contributed by atoms with E-state index in [-0.39, 0.29) is 19.8 Å². The number of rotatable bonds is 6. The molecule has 0 radical (unpaired) electrons. The average molecular weight is 525 g/mol. The van der Waals surface area contributed by atoms with Crippen LogP contribution in [0, 0.1) is 6.92 Å². The zero-order chi connectivity index (χ0) is 26.6. The molecule has 4 rings (SSSR count). The minimum Gasteiger partial charge on any atom is -0.475 e. The summed E-state index contributed by atoms with van der Waals surface area (Å²) in [7, 11) is 0. The number of aliphatic hydroxyl groups is 1. The molecule has 202 valence electrons. The van der Waals surface area contributed by atoms with Gasteiger partial charge in [0.05, 0.1) is 39.0 Å². The van der Waals surface area contributed by atoms with E-state index in [1.807, 2.05) is 19.1 Å². The van der Waals surface area contributed by atoms with E-state index in [1.165, 1.54) is 0 Å². The van der Waals surface area contributed by atoms with E-state index < -0.39 is 30.9 Å². The lowest BCUT2D eigenvalue weighted by Gasteiger charge is -2.38. The number of nitrogens with zero attached hydrogens (tertiary/aromatic N) is 3. The van der Waals surface area contributed by atoms with E-state index in [0.29, 0.717) is 43.7 Å². The first-order valence-electron chi connectivity index (χ1n) is 12.1. The maximum atomic E-state index is 13.2. The van der Waals surface area contributed by atoms with Crippen LogP contribution in [-0.4, -0.2) is 92.0 Å². The summed E-state index contributed by atoms with van der Waals surface area (Å²) in [6.07, 6.45) is -6.57. The number of alkyl halides is 3. The molecule has 0 saturated carbocycles. The fourth-order valence-electron chi connectivity index (χ4n) is 4.27. The number of aliphatic hydroxyl groups excluding tert-OH is 1. The number of aromatic nitrogens is 1. The van der Waals surface area contributed by atoms with Gasteiger partial charge in [-0.25, -0.2) is 4.79 Å². The maximum Gasteiger partial charge on any atom is 0.416 e. The van der Waals surface area contributed by atoms with Crippen molar-refractivity contribution in [2.75, 3.05) is 62.9 Å². The first-order valence-corrected chi connectivity index (χ1v) is 12.1. The standard InChI is InChI=1S/C25H31F3N4O5/c1-16-3-4-19(29-24(34)32-14-21(25(26,27)28)37-15-17(32)2)13-20(16)18-11-22(31-5-8-35-9-6-31)30-23(12-18)36-10-7-33/h3-4,11-13,17,21,33H,5-10,14-15H2,1-2H3,(H,29,34). The van der Waals surface area contributed by atoms with Gasteiger partial charge in [0.25, 0.3) is 0 Å². The van der Waals surface area contributed by atoms with Crippen molar-refractivity contribution in [3.8, 4) is 17.0 Å². The number of pyridine rings is 1. The Morgan fingerprint density at radius 3 is 2.70 bits per heavy atom. The second-order valence-corrected chi connectivity index (χ2v) is 9.05. The summed E-state index contributed by atoms with van der Waals surface area (Å²) in [6.45, 7) is 5.21. The zero-order valence-corrected chi connectivity index (χ0v) is 20.8. The molecule has 37 heavy (non-hydrogen) atoms. The molecule has 2 aliphatic heterocycles. The van der Waals surface area contributed by atoms with Gasteiger partial charge in [-0.1, -0.05) is 6.07 Å². The Kier molecular flexibility index (Phi) is 8.40. The van der Waals surface area contributed by atoms with Crippen LogP contribution < -0.4 is 15.0 Å². The van der Waals surface area contributed by atoms with E-state index in [1.54, 1.807) is 25.1 Å². The lowest BCUT2D eigenvalue weighted by molar-refractivity contribution is -0.238. The highest BCUT2D eigenvalue weighted by Gasteiger charge is 2.46. The fourth-order valence-corrected chi connectivity index (χ4v) is 4.27. The van der Waals surface area contributed by atoms with Gasteiger partial charge in [0.2, 0.25) is 5.88 Å².